The predicted molar refractivity (Wildman–Crippen MR) is 141 cm³/mol. The highest BCUT2D eigenvalue weighted by Gasteiger charge is 2.26. The molecule has 4 amide bonds. The number of pyridine rings is 1. The Kier molecular flexibility index (Phi) is 9.16. The maximum Gasteiger partial charge on any atom is 0.325 e. The smallest absolute Gasteiger partial charge is 0.325 e. The number of aromatic nitrogens is 1. The number of hydrogen-bond acceptors (Lipinski definition) is 6. The van der Waals surface area contributed by atoms with Gasteiger partial charge in [0.15, 0.2) is 17.3 Å². The fourth-order valence-corrected chi connectivity index (χ4v) is 4.36. The number of anilines is 2. The molecule has 0 radical (unpaired) electrons. The summed E-state index contributed by atoms with van der Waals surface area (Å²) in [6.07, 6.45) is 6.05. The van der Waals surface area contributed by atoms with Crippen molar-refractivity contribution in [3.8, 4) is 11.5 Å². The minimum Gasteiger partial charge on any atom is -0.452 e. The van der Waals surface area contributed by atoms with Crippen molar-refractivity contribution in [2.75, 3.05) is 17.2 Å². The summed E-state index contributed by atoms with van der Waals surface area (Å²) in [5.74, 6) is -1.60. The molecular weight excluding hydrogens is 508 g/mol. The second-order valence-corrected chi connectivity index (χ2v) is 9.37. The third kappa shape index (κ3) is 7.81. The summed E-state index contributed by atoms with van der Waals surface area (Å²) >= 11 is 0. The van der Waals surface area contributed by atoms with Crippen LogP contribution < -0.4 is 26.4 Å². The zero-order chi connectivity index (χ0) is 27.8. The number of rotatable bonds is 8. The molecule has 1 aliphatic carbocycles. The molecule has 1 heterocycles. The first-order valence-electron chi connectivity index (χ1n) is 12.6. The summed E-state index contributed by atoms with van der Waals surface area (Å²) < 4.78 is 33.5. The Bertz CT molecular complexity index is 1330. The number of urea groups is 1. The Morgan fingerprint density at radius 3 is 2.38 bits per heavy atom. The van der Waals surface area contributed by atoms with Crippen molar-refractivity contribution in [1.82, 2.24) is 10.3 Å². The molecule has 0 aliphatic heterocycles. The Morgan fingerprint density at radius 1 is 0.949 bits per heavy atom. The van der Waals surface area contributed by atoms with E-state index in [1.807, 2.05) is 0 Å². The second kappa shape index (κ2) is 12.9. The SMILES string of the molecule is NC[C@H]1CC[C@H](C(=O)Nc2cnccc2Oc2ccc(NC(=O)NC(=O)Cc3ccc(F)cc3)cc2F)CC1. The zero-order valence-electron chi connectivity index (χ0n) is 21.1. The number of nitrogens with one attached hydrogen (secondary N) is 3. The molecule has 1 saturated carbocycles. The standard InChI is InChI=1S/C28H29F2N5O4/c29-20-7-3-17(4-8-20)13-26(36)35-28(38)33-21-9-10-24(22(30)14-21)39-25-11-12-32-16-23(25)34-27(37)19-5-1-18(15-31)2-6-19/h3-4,7-12,14,16,18-19H,1-2,5-6,13,15,31H2,(H,34,37)(H2,33,35,36,38)/t18-,19-. The highest BCUT2D eigenvalue weighted by atomic mass is 19.1. The van der Waals surface area contributed by atoms with Gasteiger partial charge in [-0.1, -0.05) is 12.1 Å². The number of carbonyl (C=O) groups excluding carboxylic acids is 3. The number of nitrogens with two attached hydrogens (primary N) is 1. The molecule has 2 aromatic carbocycles. The molecule has 11 heteroatoms. The van der Waals surface area contributed by atoms with Crippen molar-refractivity contribution in [1.29, 1.82) is 0 Å². The van der Waals surface area contributed by atoms with Crippen LogP contribution >= 0.6 is 0 Å². The fraction of sp³-hybridized carbons (Fsp3) is 0.286. The van der Waals surface area contributed by atoms with Crippen LogP contribution in [0.2, 0.25) is 0 Å². The summed E-state index contributed by atoms with van der Waals surface area (Å²) in [6, 6.07) is 9.71. The van der Waals surface area contributed by atoms with E-state index in [9.17, 15) is 23.2 Å². The van der Waals surface area contributed by atoms with Crippen LogP contribution in [0.5, 0.6) is 11.5 Å². The molecule has 9 nitrogen and oxygen atoms in total. The minimum atomic E-state index is -0.852. The van der Waals surface area contributed by atoms with Crippen LogP contribution in [0.1, 0.15) is 31.2 Å². The van der Waals surface area contributed by atoms with Crippen molar-refractivity contribution in [2.45, 2.75) is 32.1 Å². The number of imide groups is 1. The molecule has 0 bridgehead atoms. The lowest BCUT2D eigenvalue weighted by atomic mass is 9.81. The number of nitrogens with zero attached hydrogens (tertiary/aromatic N) is 1. The van der Waals surface area contributed by atoms with Crippen molar-refractivity contribution in [3.05, 3.63) is 78.1 Å². The first-order valence-corrected chi connectivity index (χ1v) is 12.6. The van der Waals surface area contributed by atoms with Gasteiger partial charge in [0.25, 0.3) is 0 Å². The normalized spacial score (nSPS) is 16.7. The van der Waals surface area contributed by atoms with Crippen LogP contribution in [0.4, 0.5) is 25.0 Å². The van der Waals surface area contributed by atoms with Gasteiger partial charge in [0.2, 0.25) is 11.8 Å². The fourth-order valence-electron chi connectivity index (χ4n) is 4.36. The second-order valence-electron chi connectivity index (χ2n) is 9.37. The molecular formula is C28H29F2N5O4. The summed E-state index contributed by atoms with van der Waals surface area (Å²) in [7, 11) is 0. The number of hydrogen-bond donors (Lipinski definition) is 4. The largest absolute Gasteiger partial charge is 0.452 e. The van der Waals surface area contributed by atoms with E-state index in [4.69, 9.17) is 10.5 Å². The molecule has 0 saturated heterocycles. The molecule has 1 aliphatic rings. The third-order valence-corrected chi connectivity index (χ3v) is 6.53. The molecule has 0 spiro atoms. The Hall–Kier alpha value is -4.38. The van der Waals surface area contributed by atoms with Crippen LogP contribution in [-0.2, 0) is 16.0 Å². The predicted octanol–water partition coefficient (Wildman–Crippen LogP) is 4.75. The third-order valence-electron chi connectivity index (χ3n) is 6.53. The zero-order valence-corrected chi connectivity index (χ0v) is 21.1. The van der Waals surface area contributed by atoms with Crippen LogP contribution in [0.3, 0.4) is 0 Å². The Morgan fingerprint density at radius 2 is 1.69 bits per heavy atom. The van der Waals surface area contributed by atoms with Crippen molar-refractivity contribution >= 4 is 29.2 Å². The van der Waals surface area contributed by atoms with Gasteiger partial charge in [0.1, 0.15) is 11.5 Å². The average molecular weight is 538 g/mol. The molecule has 1 fully saturated rings. The highest BCUT2D eigenvalue weighted by molar-refractivity contribution is 6.01. The number of ether oxygens (including phenoxy) is 1. The summed E-state index contributed by atoms with van der Waals surface area (Å²) in [4.78, 5) is 41.0. The van der Waals surface area contributed by atoms with Crippen LogP contribution in [0.15, 0.2) is 60.9 Å². The van der Waals surface area contributed by atoms with Gasteiger partial charge in [0, 0.05) is 29.9 Å². The lowest BCUT2D eigenvalue weighted by Gasteiger charge is -2.26. The lowest BCUT2D eigenvalue weighted by Crippen LogP contribution is -2.35. The van der Waals surface area contributed by atoms with Gasteiger partial charge >= 0.3 is 6.03 Å². The molecule has 1 aromatic heterocycles. The topological polar surface area (TPSA) is 135 Å². The average Bonchev–Trinajstić information content (AvgIpc) is 2.92. The van der Waals surface area contributed by atoms with Crippen molar-refractivity contribution < 1.29 is 27.9 Å². The van der Waals surface area contributed by atoms with Gasteiger partial charge in [0.05, 0.1) is 12.6 Å². The van der Waals surface area contributed by atoms with Crippen LogP contribution in [0, 0.1) is 23.5 Å². The summed E-state index contributed by atoms with van der Waals surface area (Å²) in [5, 5.41) is 7.35. The summed E-state index contributed by atoms with van der Waals surface area (Å²) in [6.45, 7) is 0.620. The quantitative estimate of drug-likeness (QED) is 0.328. The van der Waals surface area contributed by atoms with E-state index < -0.39 is 23.6 Å². The molecule has 3 aromatic rings. The van der Waals surface area contributed by atoms with E-state index in [0.717, 1.165) is 31.7 Å². The monoisotopic (exact) mass is 537 g/mol. The van der Waals surface area contributed by atoms with E-state index in [0.29, 0.717) is 23.7 Å². The number of halogens is 2. The number of benzene rings is 2. The van der Waals surface area contributed by atoms with Gasteiger partial charge in [-0.2, -0.15) is 0 Å². The van der Waals surface area contributed by atoms with E-state index in [2.05, 4.69) is 20.9 Å². The highest BCUT2D eigenvalue weighted by Crippen LogP contribution is 2.33. The van der Waals surface area contributed by atoms with E-state index in [1.54, 1.807) is 0 Å². The molecule has 204 valence electrons. The van der Waals surface area contributed by atoms with Gasteiger partial charge in [-0.25, -0.2) is 13.6 Å². The van der Waals surface area contributed by atoms with Crippen LogP contribution in [-0.4, -0.2) is 29.4 Å². The van der Waals surface area contributed by atoms with E-state index >= 15 is 0 Å². The number of amides is 4. The molecule has 5 N–H and O–H groups in total. The Balaban J connectivity index is 1.33. The van der Waals surface area contributed by atoms with Crippen molar-refractivity contribution in [3.63, 3.8) is 0 Å². The van der Waals surface area contributed by atoms with Crippen LogP contribution in [0.25, 0.3) is 0 Å². The maximum atomic E-state index is 14.8. The van der Waals surface area contributed by atoms with Crippen molar-refractivity contribution in [2.24, 2.45) is 17.6 Å². The first kappa shape index (κ1) is 27.6. The molecule has 39 heavy (non-hydrogen) atoms. The molecule has 0 unspecified atom stereocenters. The lowest BCUT2D eigenvalue weighted by molar-refractivity contribution is -0.121. The van der Waals surface area contributed by atoms with E-state index in [1.165, 1.54) is 54.9 Å². The van der Waals surface area contributed by atoms with Gasteiger partial charge < -0.3 is 21.1 Å². The molecule has 0 atom stereocenters. The number of carbonyl (C=O) groups is 3. The summed E-state index contributed by atoms with van der Waals surface area (Å²) in [5.41, 5.74) is 6.66. The van der Waals surface area contributed by atoms with E-state index in [-0.39, 0.29) is 35.4 Å². The minimum absolute atomic E-state index is 0.0864. The first-order chi connectivity index (χ1) is 18.8. The molecule has 4 rings (SSSR count). The van der Waals surface area contributed by atoms with Gasteiger partial charge in [-0.05, 0) is 68.0 Å². The Labute approximate surface area is 224 Å². The maximum absolute atomic E-state index is 14.8. The van der Waals surface area contributed by atoms with Gasteiger partial charge in [-0.3, -0.25) is 19.9 Å². The van der Waals surface area contributed by atoms with Gasteiger partial charge in [-0.15, -0.1) is 0 Å².